The maximum atomic E-state index is 12.6. The lowest BCUT2D eigenvalue weighted by molar-refractivity contribution is -0.140. The lowest BCUT2D eigenvalue weighted by atomic mass is 9.95. The molecule has 2 saturated heterocycles. The zero-order valence-electron chi connectivity index (χ0n) is 14.7. The van der Waals surface area contributed by atoms with Crippen LogP contribution in [0.15, 0.2) is 33.5 Å². The molecule has 7 nitrogen and oxygen atoms in total. The molecule has 0 N–H and O–H groups in total. The van der Waals surface area contributed by atoms with E-state index < -0.39 is 5.76 Å². The average Bonchev–Trinajstić information content (AvgIpc) is 3.30. The van der Waals surface area contributed by atoms with Gasteiger partial charge in [-0.2, -0.15) is 0 Å². The van der Waals surface area contributed by atoms with Crippen molar-refractivity contribution in [1.82, 2.24) is 14.4 Å². The van der Waals surface area contributed by atoms with Gasteiger partial charge in [0, 0.05) is 32.1 Å². The number of likely N-dealkylation sites (tertiary alicyclic amines) is 2. The number of hydrogen-bond acceptors (Lipinski definition) is 4. The lowest BCUT2D eigenvalue weighted by Gasteiger charge is -2.33. The monoisotopic (exact) mass is 357 g/mol. The second kappa shape index (κ2) is 6.97. The maximum Gasteiger partial charge on any atom is 0.420 e. The fraction of sp³-hybridized carbons (Fsp3) is 0.526. The first-order valence-electron chi connectivity index (χ1n) is 9.28. The minimum absolute atomic E-state index is 0.0228. The van der Waals surface area contributed by atoms with E-state index in [-0.39, 0.29) is 24.3 Å². The summed E-state index contributed by atoms with van der Waals surface area (Å²) in [5.41, 5.74) is 1.12. The van der Waals surface area contributed by atoms with E-state index in [0.717, 1.165) is 25.9 Å². The van der Waals surface area contributed by atoms with Gasteiger partial charge < -0.3 is 14.2 Å². The molecule has 0 bridgehead atoms. The number of fused-ring (bicyclic) bond motifs is 1. The molecule has 2 amide bonds. The Morgan fingerprint density at radius 2 is 1.69 bits per heavy atom. The summed E-state index contributed by atoms with van der Waals surface area (Å²) in [5, 5.41) is 0. The standard InChI is InChI=1S/C19H23N3O4/c23-17(13-22-15-5-1-2-6-16(15)26-19(22)25)20-11-7-14(8-12-20)18(24)21-9-3-4-10-21/h1-2,5-6,14H,3-4,7-13H2. The number of aromatic nitrogens is 1. The van der Waals surface area contributed by atoms with Crippen molar-refractivity contribution in [3.63, 3.8) is 0 Å². The predicted octanol–water partition coefficient (Wildman–Crippen LogP) is 1.46. The molecule has 1 aromatic heterocycles. The number of carbonyl (C=O) groups excluding carboxylic acids is 2. The predicted molar refractivity (Wildman–Crippen MR) is 95.6 cm³/mol. The maximum absolute atomic E-state index is 12.6. The van der Waals surface area contributed by atoms with E-state index in [4.69, 9.17) is 4.42 Å². The van der Waals surface area contributed by atoms with E-state index in [1.807, 2.05) is 11.0 Å². The Labute approximate surface area is 151 Å². The van der Waals surface area contributed by atoms with Crippen molar-refractivity contribution in [2.45, 2.75) is 32.2 Å². The van der Waals surface area contributed by atoms with Crippen molar-refractivity contribution in [1.29, 1.82) is 0 Å². The summed E-state index contributed by atoms with van der Waals surface area (Å²) in [6, 6.07) is 7.09. The summed E-state index contributed by atoms with van der Waals surface area (Å²) in [4.78, 5) is 40.8. The second-order valence-electron chi connectivity index (χ2n) is 7.11. The molecule has 2 aliphatic rings. The van der Waals surface area contributed by atoms with Crippen molar-refractivity contribution >= 4 is 22.9 Å². The van der Waals surface area contributed by atoms with Crippen LogP contribution in [-0.4, -0.2) is 52.4 Å². The lowest BCUT2D eigenvalue weighted by Crippen LogP contribution is -2.45. The highest BCUT2D eigenvalue weighted by Crippen LogP contribution is 2.22. The topological polar surface area (TPSA) is 75.8 Å². The van der Waals surface area contributed by atoms with Crippen LogP contribution < -0.4 is 5.76 Å². The number of hydrogen-bond donors (Lipinski definition) is 0. The van der Waals surface area contributed by atoms with Crippen LogP contribution in [-0.2, 0) is 16.1 Å². The summed E-state index contributed by atoms with van der Waals surface area (Å²) in [5.74, 6) is -0.356. The first kappa shape index (κ1) is 16.9. The van der Waals surface area contributed by atoms with Gasteiger partial charge in [0.15, 0.2) is 5.58 Å². The fourth-order valence-corrected chi connectivity index (χ4v) is 3.97. The highest BCUT2D eigenvalue weighted by atomic mass is 16.4. The van der Waals surface area contributed by atoms with E-state index in [2.05, 4.69) is 0 Å². The number of amides is 2. The number of para-hydroxylation sites is 2. The number of benzene rings is 1. The first-order valence-corrected chi connectivity index (χ1v) is 9.28. The number of nitrogens with zero attached hydrogens (tertiary/aromatic N) is 3. The van der Waals surface area contributed by atoms with Crippen LogP contribution in [0.3, 0.4) is 0 Å². The molecule has 0 unspecified atom stereocenters. The molecule has 0 aliphatic carbocycles. The molecule has 7 heteroatoms. The van der Waals surface area contributed by atoms with Gasteiger partial charge >= 0.3 is 5.76 Å². The molecule has 2 aliphatic heterocycles. The van der Waals surface area contributed by atoms with Gasteiger partial charge in [-0.1, -0.05) is 12.1 Å². The quantitative estimate of drug-likeness (QED) is 0.833. The fourth-order valence-electron chi connectivity index (χ4n) is 3.97. The third-order valence-electron chi connectivity index (χ3n) is 5.48. The minimum Gasteiger partial charge on any atom is -0.408 e. The molecular formula is C19H23N3O4. The molecule has 4 rings (SSSR count). The Hall–Kier alpha value is -2.57. The first-order chi connectivity index (χ1) is 12.6. The number of oxazole rings is 1. The van der Waals surface area contributed by atoms with Crippen LogP contribution >= 0.6 is 0 Å². The molecule has 0 spiro atoms. The number of piperidine rings is 1. The third kappa shape index (κ3) is 3.13. The number of rotatable bonds is 3. The molecular weight excluding hydrogens is 334 g/mol. The Morgan fingerprint density at radius 1 is 1.00 bits per heavy atom. The van der Waals surface area contributed by atoms with Crippen molar-refractivity contribution in [2.24, 2.45) is 5.92 Å². The van der Waals surface area contributed by atoms with Gasteiger partial charge in [-0.25, -0.2) is 4.79 Å². The van der Waals surface area contributed by atoms with E-state index in [0.29, 0.717) is 37.0 Å². The molecule has 0 radical (unpaired) electrons. The van der Waals surface area contributed by atoms with Crippen LogP contribution in [0.4, 0.5) is 0 Å². The van der Waals surface area contributed by atoms with Crippen LogP contribution in [0.5, 0.6) is 0 Å². The van der Waals surface area contributed by atoms with E-state index in [1.54, 1.807) is 23.1 Å². The molecule has 3 heterocycles. The Balaban J connectivity index is 1.38. The summed E-state index contributed by atoms with van der Waals surface area (Å²) in [7, 11) is 0. The van der Waals surface area contributed by atoms with Crippen molar-refractivity contribution in [3.8, 4) is 0 Å². The van der Waals surface area contributed by atoms with Crippen LogP contribution in [0.1, 0.15) is 25.7 Å². The van der Waals surface area contributed by atoms with Gasteiger partial charge in [0.2, 0.25) is 11.8 Å². The third-order valence-corrected chi connectivity index (χ3v) is 5.48. The minimum atomic E-state index is -0.515. The molecule has 2 aromatic rings. The summed E-state index contributed by atoms with van der Waals surface area (Å²) in [6.45, 7) is 2.84. The Bertz CT molecular complexity index is 870. The van der Waals surface area contributed by atoms with Crippen molar-refractivity contribution in [3.05, 3.63) is 34.8 Å². The van der Waals surface area contributed by atoms with Gasteiger partial charge in [-0.3, -0.25) is 14.2 Å². The summed E-state index contributed by atoms with van der Waals surface area (Å²) < 4.78 is 6.55. The average molecular weight is 357 g/mol. The zero-order chi connectivity index (χ0) is 18.1. The molecule has 0 atom stereocenters. The van der Waals surface area contributed by atoms with Crippen LogP contribution in [0, 0.1) is 5.92 Å². The smallest absolute Gasteiger partial charge is 0.408 e. The van der Waals surface area contributed by atoms with Gasteiger partial charge in [-0.15, -0.1) is 0 Å². The highest BCUT2D eigenvalue weighted by Gasteiger charge is 2.31. The SMILES string of the molecule is O=C(Cn1c(=O)oc2ccccc21)N1CCC(C(=O)N2CCCC2)CC1. The number of carbonyl (C=O) groups is 2. The van der Waals surface area contributed by atoms with Gasteiger partial charge in [0.05, 0.1) is 5.52 Å². The Morgan fingerprint density at radius 3 is 2.42 bits per heavy atom. The normalized spacial score (nSPS) is 18.6. The molecule has 138 valence electrons. The Kier molecular flexibility index (Phi) is 4.53. The van der Waals surface area contributed by atoms with Gasteiger partial charge in [-0.05, 0) is 37.8 Å². The zero-order valence-corrected chi connectivity index (χ0v) is 14.7. The molecule has 0 saturated carbocycles. The van der Waals surface area contributed by atoms with E-state index in [9.17, 15) is 14.4 Å². The summed E-state index contributed by atoms with van der Waals surface area (Å²) in [6.07, 6.45) is 3.58. The molecule has 26 heavy (non-hydrogen) atoms. The molecule has 1 aromatic carbocycles. The van der Waals surface area contributed by atoms with Crippen molar-refractivity contribution in [2.75, 3.05) is 26.2 Å². The van der Waals surface area contributed by atoms with Gasteiger partial charge in [0.1, 0.15) is 6.54 Å². The van der Waals surface area contributed by atoms with Gasteiger partial charge in [0.25, 0.3) is 0 Å². The summed E-state index contributed by atoms with van der Waals surface area (Å²) >= 11 is 0. The van der Waals surface area contributed by atoms with E-state index in [1.165, 1.54) is 4.57 Å². The van der Waals surface area contributed by atoms with Crippen LogP contribution in [0.25, 0.3) is 11.1 Å². The molecule has 2 fully saturated rings. The van der Waals surface area contributed by atoms with E-state index >= 15 is 0 Å². The largest absolute Gasteiger partial charge is 0.420 e. The second-order valence-corrected chi connectivity index (χ2v) is 7.11. The van der Waals surface area contributed by atoms with Crippen molar-refractivity contribution < 1.29 is 14.0 Å². The highest BCUT2D eigenvalue weighted by molar-refractivity contribution is 5.81. The van der Waals surface area contributed by atoms with Crippen LogP contribution in [0.2, 0.25) is 0 Å².